The third kappa shape index (κ3) is 3.10. The van der Waals surface area contributed by atoms with Gasteiger partial charge >= 0.3 is 11.8 Å². The van der Waals surface area contributed by atoms with Crippen LogP contribution in [0.5, 0.6) is 17.2 Å². The molecule has 5 rings (SSSR count). The molecule has 0 unspecified atom stereocenters. The largest absolute Gasteiger partial charge is 0.497 e. The Kier molecular flexibility index (Phi) is 4.27. The maximum Gasteiger partial charge on any atom is 0.316 e. The fourth-order valence-electron chi connectivity index (χ4n) is 3.26. The molecule has 0 radical (unpaired) electrons. The van der Waals surface area contributed by atoms with Gasteiger partial charge in [0.05, 0.1) is 7.11 Å². The van der Waals surface area contributed by atoms with E-state index in [-0.39, 0.29) is 25.1 Å². The standard InChI is InChI=1S/C21H17N3O6/c1-11-14-8-13(26-2)4-6-15(14)29-18(11)19-23-21(30-24-19)20(25)22-9-12-3-5-16-17(7-12)28-10-27-16/h3-8H,9-10H2,1-2H3,(H,22,25). The van der Waals surface area contributed by atoms with Gasteiger partial charge in [-0.3, -0.25) is 4.79 Å². The van der Waals surface area contributed by atoms with E-state index < -0.39 is 5.91 Å². The number of furan rings is 1. The number of nitrogens with one attached hydrogen (secondary N) is 1. The molecule has 1 amide bonds. The van der Waals surface area contributed by atoms with Crippen molar-refractivity contribution in [3.8, 4) is 28.8 Å². The first-order valence-corrected chi connectivity index (χ1v) is 9.20. The van der Waals surface area contributed by atoms with Crippen molar-refractivity contribution < 1.29 is 27.9 Å². The summed E-state index contributed by atoms with van der Waals surface area (Å²) in [4.78, 5) is 16.6. The zero-order valence-corrected chi connectivity index (χ0v) is 16.2. The lowest BCUT2D eigenvalue weighted by Crippen LogP contribution is -2.23. The van der Waals surface area contributed by atoms with Crippen LogP contribution in [0, 0.1) is 6.92 Å². The van der Waals surface area contributed by atoms with Crippen molar-refractivity contribution in [2.24, 2.45) is 0 Å². The second-order valence-electron chi connectivity index (χ2n) is 6.71. The predicted molar refractivity (Wildman–Crippen MR) is 105 cm³/mol. The number of benzene rings is 2. The molecule has 0 fully saturated rings. The Bertz CT molecular complexity index is 1260. The SMILES string of the molecule is COc1ccc2oc(-c3noc(C(=O)NCc4ccc5c(c4)OCO5)n3)c(C)c2c1. The van der Waals surface area contributed by atoms with Gasteiger partial charge in [0.2, 0.25) is 12.6 Å². The van der Waals surface area contributed by atoms with E-state index in [2.05, 4.69) is 15.5 Å². The Labute approximate surface area is 170 Å². The summed E-state index contributed by atoms with van der Waals surface area (Å²) in [6, 6.07) is 10.9. The van der Waals surface area contributed by atoms with Crippen molar-refractivity contribution in [1.82, 2.24) is 15.5 Å². The maximum absolute atomic E-state index is 12.4. The van der Waals surface area contributed by atoms with Crippen molar-refractivity contribution in [2.45, 2.75) is 13.5 Å². The van der Waals surface area contributed by atoms with E-state index in [9.17, 15) is 4.79 Å². The number of hydrogen-bond donors (Lipinski definition) is 1. The van der Waals surface area contributed by atoms with Crippen LogP contribution < -0.4 is 19.5 Å². The summed E-state index contributed by atoms with van der Waals surface area (Å²) in [5, 5.41) is 7.53. The van der Waals surface area contributed by atoms with E-state index in [4.69, 9.17) is 23.2 Å². The molecule has 0 aliphatic carbocycles. The minimum atomic E-state index is -0.484. The van der Waals surface area contributed by atoms with Gasteiger partial charge in [0.1, 0.15) is 11.3 Å². The van der Waals surface area contributed by atoms with Crippen molar-refractivity contribution in [2.75, 3.05) is 13.9 Å². The highest BCUT2D eigenvalue weighted by molar-refractivity contribution is 5.91. The molecular weight excluding hydrogens is 390 g/mol. The third-order valence-electron chi connectivity index (χ3n) is 4.86. The number of ether oxygens (including phenoxy) is 3. The average molecular weight is 407 g/mol. The van der Waals surface area contributed by atoms with Gasteiger partial charge in [0, 0.05) is 17.5 Å². The molecule has 0 atom stereocenters. The number of aryl methyl sites for hydroxylation is 1. The Morgan fingerprint density at radius 2 is 2.03 bits per heavy atom. The molecule has 2 aromatic carbocycles. The molecule has 0 saturated carbocycles. The van der Waals surface area contributed by atoms with Crippen molar-refractivity contribution >= 4 is 16.9 Å². The topological polar surface area (TPSA) is 109 Å². The Morgan fingerprint density at radius 3 is 2.90 bits per heavy atom. The minimum absolute atomic E-state index is 0.150. The zero-order chi connectivity index (χ0) is 20.7. The highest BCUT2D eigenvalue weighted by Crippen LogP contribution is 2.34. The molecule has 2 aromatic heterocycles. The molecule has 4 aromatic rings. The van der Waals surface area contributed by atoms with E-state index in [1.165, 1.54) is 0 Å². The van der Waals surface area contributed by atoms with Gasteiger partial charge in [-0.1, -0.05) is 11.2 Å². The quantitative estimate of drug-likeness (QED) is 0.536. The van der Waals surface area contributed by atoms with Gasteiger partial charge < -0.3 is 28.5 Å². The highest BCUT2D eigenvalue weighted by Gasteiger charge is 2.22. The van der Waals surface area contributed by atoms with Crippen LogP contribution in [0.1, 0.15) is 21.8 Å². The van der Waals surface area contributed by atoms with Gasteiger partial charge in [-0.15, -0.1) is 0 Å². The van der Waals surface area contributed by atoms with Gasteiger partial charge in [0.25, 0.3) is 0 Å². The highest BCUT2D eigenvalue weighted by atomic mass is 16.7. The van der Waals surface area contributed by atoms with Gasteiger partial charge in [0.15, 0.2) is 17.3 Å². The number of amides is 1. The second kappa shape index (κ2) is 7.11. The van der Waals surface area contributed by atoms with Crippen LogP contribution >= 0.6 is 0 Å². The van der Waals surface area contributed by atoms with Crippen LogP contribution in [0.3, 0.4) is 0 Å². The summed E-state index contributed by atoms with van der Waals surface area (Å²) in [6.07, 6.45) is 0. The molecule has 0 bridgehead atoms. The summed E-state index contributed by atoms with van der Waals surface area (Å²) < 4.78 is 26.9. The number of fused-ring (bicyclic) bond motifs is 2. The monoisotopic (exact) mass is 407 g/mol. The first-order chi connectivity index (χ1) is 14.6. The molecule has 30 heavy (non-hydrogen) atoms. The van der Waals surface area contributed by atoms with Crippen LogP contribution in [0.15, 0.2) is 45.3 Å². The third-order valence-corrected chi connectivity index (χ3v) is 4.86. The van der Waals surface area contributed by atoms with E-state index in [0.29, 0.717) is 22.8 Å². The van der Waals surface area contributed by atoms with Gasteiger partial charge in [-0.2, -0.15) is 4.98 Å². The summed E-state index contributed by atoms with van der Waals surface area (Å²) in [5.74, 6) is 2.07. The van der Waals surface area contributed by atoms with E-state index >= 15 is 0 Å². The number of carbonyl (C=O) groups is 1. The van der Waals surface area contributed by atoms with Crippen molar-refractivity contribution in [3.05, 3.63) is 53.4 Å². The average Bonchev–Trinajstić information content (AvgIpc) is 3.50. The molecule has 1 aliphatic heterocycles. The molecule has 9 nitrogen and oxygen atoms in total. The summed E-state index contributed by atoms with van der Waals surface area (Å²) in [7, 11) is 1.60. The van der Waals surface area contributed by atoms with Crippen molar-refractivity contribution in [1.29, 1.82) is 0 Å². The number of aromatic nitrogens is 2. The Balaban J connectivity index is 1.33. The first kappa shape index (κ1) is 18.0. The van der Waals surface area contributed by atoms with Gasteiger partial charge in [-0.25, -0.2) is 0 Å². The molecule has 152 valence electrons. The minimum Gasteiger partial charge on any atom is -0.497 e. The Hall–Kier alpha value is -4.01. The molecule has 3 heterocycles. The lowest BCUT2D eigenvalue weighted by molar-refractivity contribution is 0.0907. The molecule has 0 spiro atoms. The summed E-state index contributed by atoms with van der Waals surface area (Å²) >= 11 is 0. The lowest BCUT2D eigenvalue weighted by atomic mass is 10.1. The first-order valence-electron chi connectivity index (χ1n) is 9.20. The number of rotatable bonds is 5. The van der Waals surface area contributed by atoms with E-state index in [0.717, 1.165) is 22.3 Å². The molecule has 1 aliphatic rings. The van der Waals surface area contributed by atoms with Crippen LogP contribution in [-0.2, 0) is 6.54 Å². The van der Waals surface area contributed by atoms with Crippen molar-refractivity contribution in [3.63, 3.8) is 0 Å². The zero-order valence-electron chi connectivity index (χ0n) is 16.2. The summed E-state index contributed by atoms with van der Waals surface area (Å²) in [6.45, 7) is 2.36. The fraction of sp³-hybridized carbons (Fsp3) is 0.190. The number of nitrogens with zero attached hydrogens (tertiary/aromatic N) is 2. The van der Waals surface area contributed by atoms with E-state index in [1.54, 1.807) is 19.2 Å². The van der Waals surface area contributed by atoms with E-state index in [1.807, 2.05) is 31.2 Å². The molecular formula is C21H17N3O6. The number of hydrogen-bond acceptors (Lipinski definition) is 8. The van der Waals surface area contributed by atoms with Crippen LogP contribution in [-0.4, -0.2) is 30.0 Å². The molecule has 1 N–H and O–H groups in total. The van der Waals surface area contributed by atoms with Crippen LogP contribution in [0.25, 0.3) is 22.6 Å². The summed E-state index contributed by atoms with van der Waals surface area (Å²) in [5.41, 5.74) is 2.35. The number of methoxy groups -OCH3 is 1. The van der Waals surface area contributed by atoms with Crippen LogP contribution in [0.4, 0.5) is 0 Å². The lowest BCUT2D eigenvalue weighted by Gasteiger charge is -2.03. The fourth-order valence-corrected chi connectivity index (χ4v) is 3.26. The predicted octanol–water partition coefficient (Wildman–Crippen LogP) is 3.46. The smallest absolute Gasteiger partial charge is 0.316 e. The van der Waals surface area contributed by atoms with Crippen LogP contribution in [0.2, 0.25) is 0 Å². The Morgan fingerprint density at radius 1 is 1.17 bits per heavy atom. The maximum atomic E-state index is 12.4. The normalized spacial score (nSPS) is 12.3. The molecule has 9 heteroatoms. The molecule has 0 saturated heterocycles. The number of carbonyl (C=O) groups excluding carboxylic acids is 1. The van der Waals surface area contributed by atoms with Gasteiger partial charge in [-0.05, 0) is 42.8 Å². The second-order valence-corrected chi connectivity index (χ2v) is 6.71.